The van der Waals surface area contributed by atoms with Crippen LogP contribution in [0.5, 0.6) is 0 Å². The number of hydrogen-bond donors (Lipinski definition) is 2. The average Bonchev–Trinajstić information content (AvgIpc) is 3.17. The van der Waals surface area contributed by atoms with Gasteiger partial charge < -0.3 is 15.2 Å². The van der Waals surface area contributed by atoms with Crippen molar-refractivity contribution in [1.82, 2.24) is 25.4 Å². The number of hydrogen-bond acceptors (Lipinski definition) is 4. The van der Waals surface area contributed by atoms with Crippen molar-refractivity contribution in [3.8, 4) is 0 Å². The minimum Gasteiger partial charge on any atom is -0.352 e. The molecule has 1 aliphatic heterocycles. The molecule has 0 saturated heterocycles. The monoisotopic (exact) mass is 432 g/mol. The van der Waals surface area contributed by atoms with Gasteiger partial charge >= 0.3 is 0 Å². The Morgan fingerprint density at radius 1 is 1.32 bits per heavy atom. The van der Waals surface area contributed by atoms with E-state index in [1.807, 2.05) is 0 Å². The molecule has 6 nitrogen and oxygen atoms in total. The Kier molecular flexibility index (Phi) is 6.62. The van der Waals surface area contributed by atoms with Crippen molar-refractivity contribution in [2.24, 2.45) is 4.99 Å². The van der Waals surface area contributed by atoms with Crippen LogP contribution in [0.25, 0.3) is 0 Å². The van der Waals surface area contributed by atoms with Crippen molar-refractivity contribution in [2.75, 3.05) is 7.05 Å². The molecule has 2 aromatic rings. The maximum atomic E-state index is 4.28. The van der Waals surface area contributed by atoms with Gasteiger partial charge in [-0.15, -0.1) is 45.5 Å². The fraction of sp³-hybridized carbons (Fsp3) is 0.500. The summed E-state index contributed by atoms with van der Waals surface area (Å²) in [6.45, 7) is 2.47. The lowest BCUT2D eigenvalue weighted by Gasteiger charge is -2.16. The predicted octanol–water partition coefficient (Wildman–Crippen LogP) is 2.16. The van der Waals surface area contributed by atoms with Gasteiger partial charge in [0.15, 0.2) is 11.8 Å². The summed E-state index contributed by atoms with van der Waals surface area (Å²) in [7, 11) is 1.78. The molecule has 2 aromatic heterocycles. The molecule has 0 amide bonds. The van der Waals surface area contributed by atoms with E-state index in [0.29, 0.717) is 6.54 Å². The van der Waals surface area contributed by atoms with Gasteiger partial charge in [0.05, 0.1) is 13.1 Å². The fourth-order valence-corrected chi connectivity index (χ4v) is 3.11. The predicted molar refractivity (Wildman–Crippen MR) is 99.7 cm³/mol. The van der Waals surface area contributed by atoms with E-state index in [0.717, 1.165) is 37.1 Å². The van der Waals surface area contributed by atoms with Crippen molar-refractivity contribution in [3.63, 3.8) is 0 Å². The van der Waals surface area contributed by atoms with Crippen molar-refractivity contribution < 1.29 is 0 Å². The van der Waals surface area contributed by atoms with E-state index in [-0.39, 0.29) is 24.0 Å². The summed E-state index contributed by atoms with van der Waals surface area (Å²) in [4.78, 5) is 5.53. The lowest BCUT2D eigenvalue weighted by atomic mass is 10.2. The molecular weight excluding hydrogens is 411 g/mol. The second kappa shape index (κ2) is 8.47. The third kappa shape index (κ3) is 4.19. The van der Waals surface area contributed by atoms with Gasteiger partial charge in [0.25, 0.3) is 0 Å². The van der Waals surface area contributed by atoms with E-state index in [4.69, 9.17) is 0 Å². The van der Waals surface area contributed by atoms with Gasteiger partial charge in [0.2, 0.25) is 0 Å². The number of halogens is 1. The first-order valence-corrected chi connectivity index (χ1v) is 8.12. The normalized spacial score (nSPS) is 14.1. The van der Waals surface area contributed by atoms with E-state index < -0.39 is 0 Å². The van der Waals surface area contributed by atoms with Crippen molar-refractivity contribution in [2.45, 2.75) is 38.9 Å². The Hall–Kier alpha value is -1.16. The number of aliphatic imine (C=N–C) groups is 1. The molecule has 2 N–H and O–H groups in total. The lowest BCUT2D eigenvalue weighted by Crippen LogP contribution is -2.37. The number of fused-ring (bicyclic) bond motifs is 1. The van der Waals surface area contributed by atoms with Crippen LogP contribution < -0.4 is 10.6 Å². The molecule has 0 fully saturated rings. The lowest BCUT2D eigenvalue weighted by molar-refractivity contribution is 0.504. The van der Waals surface area contributed by atoms with Crippen LogP contribution in [0.2, 0.25) is 0 Å². The fourth-order valence-electron chi connectivity index (χ4n) is 2.47. The van der Waals surface area contributed by atoms with Crippen molar-refractivity contribution in [3.05, 3.63) is 34.0 Å². The van der Waals surface area contributed by atoms with Crippen molar-refractivity contribution in [1.29, 1.82) is 0 Å². The first-order chi connectivity index (χ1) is 10.4. The summed E-state index contributed by atoms with van der Waals surface area (Å²) in [6, 6.07) is 4.17. The molecule has 0 atom stereocenters. The highest BCUT2D eigenvalue weighted by molar-refractivity contribution is 14.0. The highest BCUT2D eigenvalue weighted by Gasteiger charge is 2.15. The van der Waals surface area contributed by atoms with Gasteiger partial charge in [-0.2, -0.15) is 0 Å². The maximum Gasteiger partial charge on any atom is 0.191 e. The summed E-state index contributed by atoms with van der Waals surface area (Å²) in [5, 5.41) is 17.2. The van der Waals surface area contributed by atoms with Gasteiger partial charge in [0.1, 0.15) is 5.82 Å². The molecule has 0 bridgehead atoms. The molecule has 3 heterocycles. The number of rotatable bonds is 4. The van der Waals surface area contributed by atoms with E-state index in [2.05, 4.69) is 47.9 Å². The highest BCUT2D eigenvalue weighted by Crippen LogP contribution is 2.14. The zero-order valence-electron chi connectivity index (χ0n) is 12.6. The van der Waals surface area contributed by atoms with E-state index in [1.165, 1.54) is 17.7 Å². The molecule has 1 aliphatic rings. The minimum atomic E-state index is 0. The number of guanidine groups is 1. The summed E-state index contributed by atoms with van der Waals surface area (Å²) in [5.41, 5.74) is 0. The van der Waals surface area contributed by atoms with Crippen LogP contribution in [0.4, 0.5) is 0 Å². The molecular formula is C14H21IN6S. The van der Waals surface area contributed by atoms with Gasteiger partial charge in [-0.05, 0) is 24.3 Å². The quantitative estimate of drug-likeness (QED) is 0.442. The van der Waals surface area contributed by atoms with Crippen LogP contribution in [0.1, 0.15) is 29.4 Å². The number of aromatic nitrogens is 3. The second-order valence-corrected chi connectivity index (χ2v) is 6.03. The van der Waals surface area contributed by atoms with E-state index >= 15 is 0 Å². The molecule has 0 spiro atoms. The molecule has 8 heteroatoms. The SMILES string of the molecule is CN=C(NCc1cccs1)NCc1nnc2n1CCCC2.I. The Bertz CT molecular complexity index is 607. The first-order valence-electron chi connectivity index (χ1n) is 7.24. The van der Waals surface area contributed by atoms with Crippen LogP contribution >= 0.6 is 35.3 Å². The van der Waals surface area contributed by atoms with Gasteiger partial charge in [-0.25, -0.2) is 0 Å². The summed E-state index contributed by atoms with van der Waals surface area (Å²) in [6.07, 6.45) is 3.47. The van der Waals surface area contributed by atoms with E-state index in [1.54, 1.807) is 18.4 Å². The Morgan fingerprint density at radius 2 is 2.18 bits per heavy atom. The number of thiophene rings is 1. The minimum absolute atomic E-state index is 0. The Labute approximate surface area is 151 Å². The molecule has 0 saturated carbocycles. The zero-order valence-corrected chi connectivity index (χ0v) is 15.7. The standard InChI is InChI=1S/C14H20N6S.HI/c1-15-14(16-9-11-5-4-8-21-11)17-10-13-19-18-12-6-2-3-7-20(12)13;/h4-5,8H,2-3,6-7,9-10H2,1H3,(H2,15,16,17);1H. The third-order valence-corrected chi connectivity index (χ3v) is 4.46. The number of aryl methyl sites for hydroxylation is 1. The molecule has 0 aromatic carbocycles. The van der Waals surface area contributed by atoms with E-state index in [9.17, 15) is 0 Å². The van der Waals surface area contributed by atoms with Crippen LogP contribution in [-0.4, -0.2) is 27.8 Å². The van der Waals surface area contributed by atoms with Gasteiger partial charge in [-0.1, -0.05) is 6.07 Å². The molecule has 3 rings (SSSR count). The second-order valence-electron chi connectivity index (χ2n) is 5.00. The molecule has 0 radical (unpaired) electrons. The van der Waals surface area contributed by atoms with Crippen molar-refractivity contribution >= 4 is 41.3 Å². The number of nitrogens with zero attached hydrogens (tertiary/aromatic N) is 4. The molecule has 0 aliphatic carbocycles. The van der Waals surface area contributed by atoms with Crippen LogP contribution in [-0.2, 0) is 26.1 Å². The zero-order chi connectivity index (χ0) is 14.5. The van der Waals surface area contributed by atoms with Crippen LogP contribution in [0, 0.1) is 0 Å². The smallest absolute Gasteiger partial charge is 0.191 e. The molecule has 0 unspecified atom stereocenters. The van der Waals surface area contributed by atoms with Gasteiger partial charge in [0, 0.05) is 24.9 Å². The molecule has 22 heavy (non-hydrogen) atoms. The summed E-state index contributed by atoms with van der Waals surface area (Å²) < 4.78 is 2.23. The van der Waals surface area contributed by atoms with Gasteiger partial charge in [-0.3, -0.25) is 4.99 Å². The van der Waals surface area contributed by atoms with Crippen LogP contribution in [0.3, 0.4) is 0 Å². The maximum absolute atomic E-state index is 4.28. The largest absolute Gasteiger partial charge is 0.352 e. The summed E-state index contributed by atoms with van der Waals surface area (Å²) >= 11 is 1.74. The highest BCUT2D eigenvalue weighted by atomic mass is 127. The average molecular weight is 432 g/mol. The topological polar surface area (TPSA) is 67.1 Å². The first kappa shape index (κ1) is 17.2. The summed E-state index contributed by atoms with van der Waals surface area (Å²) in [5.74, 6) is 2.89. The molecule has 120 valence electrons. The Balaban J connectivity index is 0.00000176. The van der Waals surface area contributed by atoms with Crippen LogP contribution in [0.15, 0.2) is 22.5 Å². The third-order valence-electron chi connectivity index (χ3n) is 3.58. The number of nitrogens with one attached hydrogen (secondary N) is 2. The Morgan fingerprint density at radius 3 is 2.95 bits per heavy atom.